The zero-order chi connectivity index (χ0) is 19.5. The number of fused-ring (bicyclic) bond motifs is 3. The van der Waals surface area contributed by atoms with Gasteiger partial charge in [-0.1, -0.05) is 0 Å². The molecule has 3 unspecified atom stereocenters. The van der Waals surface area contributed by atoms with Gasteiger partial charge in [0, 0.05) is 25.2 Å². The Morgan fingerprint density at radius 2 is 2.04 bits per heavy atom. The van der Waals surface area contributed by atoms with Crippen molar-refractivity contribution in [2.45, 2.75) is 49.8 Å². The van der Waals surface area contributed by atoms with Gasteiger partial charge in [-0.15, -0.1) is 0 Å². The minimum Gasteiger partial charge on any atom is -0.612 e. The highest BCUT2D eigenvalue weighted by atomic mass is 79.9. The molecule has 1 aromatic heterocycles. The number of carbonyl (C=O) groups is 1. The Kier molecular flexibility index (Phi) is 4.59. The number of piperidine rings is 1. The minimum absolute atomic E-state index is 0.107. The van der Waals surface area contributed by atoms with Crippen molar-refractivity contribution in [2.75, 3.05) is 24.2 Å². The third kappa shape index (κ3) is 3.52. The summed E-state index contributed by atoms with van der Waals surface area (Å²) in [6.45, 7) is 6.95. The second-order valence-electron chi connectivity index (χ2n) is 8.04. The molecular formula is C18H22BrN3O4S. The van der Waals surface area contributed by atoms with Crippen molar-refractivity contribution < 1.29 is 18.5 Å². The number of rotatable bonds is 2. The van der Waals surface area contributed by atoms with Crippen LogP contribution in [0.2, 0.25) is 0 Å². The van der Waals surface area contributed by atoms with Gasteiger partial charge in [0.2, 0.25) is 0 Å². The molecule has 7 nitrogen and oxygen atoms in total. The molecule has 3 fully saturated rings. The Labute approximate surface area is 169 Å². The van der Waals surface area contributed by atoms with E-state index in [1.54, 1.807) is 18.4 Å². The van der Waals surface area contributed by atoms with Gasteiger partial charge in [-0.2, -0.15) is 4.98 Å². The maximum atomic E-state index is 12.4. The molecule has 0 radical (unpaired) electrons. The van der Waals surface area contributed by atoms with Gasteiger partial charge >= 0.3 is 6.09 Å². The lowest BCUT2D eigenvalue weighted by molar-refractivity contribution is -0.0386. The monoisotopic (exact) mass is 455 g/mol. The van der Waals surface area contributed by atoms with E-state index in [-0.39, 0.29) is 18.2 Å². The lowest BCUT2D eigenvalue weighted by Crippen LogP contribution is -2.70. The lowest BCUT2D eigenvalue weighted by Gasteiger charge is -2.55. The summed E-state index contributed by atoms with van der Waals surface area (Å²) in [4.78, 5) is 21.6. The molecular weight excluding hydrogens is 434 g/mol. The number of amides is 1. The molecule has 1 amide bonds. The third-order valence-corrected chi connectivity index (χ3v) is 6.30. The SMILES string of the molecule is C[S+]([O-])c1cc(Br)c2oc(N3CC4CC(C3)N4C(=O)OC(C)(C)C)nc2c1. The van der Waals surface area contributed by atoms with Gasteiger partial charge in [0.05, 0.1) is 16.6 Å². The van der Waals surface area contributed by atoms with E-state index in [2.05, 4.69) is 25.8 Å². The van der Waals surface area contributed by atoms with E-state index in [1.165, 1.54) is 0 Å². The van der Waals surface area contributed by atoms with Gasteiger partial charge in [0.15, 0.2) is 10.5 Å². The van der Waals surface area contributed by atoms with Crippen LogP contribution in [0.15, 0.2) is 25.9 Å². The lowest BCUT2D eigenvalue weighted by atomic mass is 9.88. The van der Waals surface area contributed by atoms with Gasteiger partial charge in [-0.25, -0.2) is 4.79 Å². The maximum Gasteiger partial charge on any atom is 0.410 e. The van der Waals surface area contributed by atoms with Crippen LogP contribution in [0.3, 0.4) is 0 Å². The number of ether oxygens (including phenoxy) is 1. The van der Waals surface area contributed by atoms with Crippen LogP contribution in [-0.2, 0) is 15.9 Å². The highest BCUT2D eigenvalue weighted by molar-refractivity contribution is 9.10. The summed E-state index contributed by atoms with van der Waals surface area (Å²) < 4.78 is 24.0. The fourth-order valence-corrected chi connectivity index (χ4v) is 4.88. The van der Waals surface area contributed by atoms with Crippen LogP contribution >= 0.6 is 15.9 Å². The van der Waals surface area contributed by atoms with Gasteiger partial charge in [0.1, 0.15) is 17.4 Å². The maximum absolute atomic E-state index is 12.4. The molecule has 5 rings (SSSR count). The Hall–Kier alpha value is -1.45. The Morgan fingerprint density at radius 1 is 1.37 bits per heavy atom. The molecule has 2 bridgehead atoms. The standard InChI is InChI=1S/C18H22BrN3O4S/c1-18(2,3)26-17(23)22-10-5-11(22)9-21(8-10)16-20-14-7-12(27(4)24)6-13(19)15(14)25-16/h6-7,10-11H,5,8-9H2,1-4H3. The largest absolute Gasteiger partial charge is 0.612 e. The van der Waals surface area contributed by atoms with Gasteiger partial charge < -0.3 is 18.6 Å². The summed E-state index contributed by atoms with van der Waals surface area (Å²) in [6.07, 6.45) is 2.36. The first-order chi connectivity index (χ1) is 12.6. The minimum atomic E-state index is -1.09. The molecule has 0 spiro atoms. The second-order valence-corrected chi connectivity index (χ2v) is 10.3. The van der Waals surface area contributed by atoms with Gasteiger partial charge in [-0.05, 0) is 54.3 Å². The van der Waals surface area contributed by atoms with Crippen LogP contribution in [0.25, 0.3) is 11.1 Å². The highest BCUT2D eigenvalue weighted by Crippen LogP contribution is 2.37. The summed E-state index contributed by atoms with van der Waals surface area (Å²) in [6, 6.07) is 4.33. The van der Waals surface area contributed by atoms with Crippen LogP contribution in [0, 0.1) is 0 Å². The Morgan fingerprint density at radius 3 is 2.63 bits per heavy atom. The van der Waals surface area contributed by atoms with Crippen LogP contribution in [0.1, 0.15) is 27.2 Å². The van der Waals surface area contributed by atoms with Crippen molar-refractivity contribution in [3.8, 4) is 0 Å². The predicted octanol–water partition coefficient (Wildman–Crippen LogP) is 3.53. The van der Waals surface area contributed by atoms with E-state index in [4.69, 9.17) is 9.15 Å². The number of hydrogen-bond donors (Lipinski definition) is 0. The second kappa shape index (κ2) is 6.56. The molecule has 4 heterocycles. The Bertz CT molecular complexity index is 883. The number of anilines is 1. The summed E-state index contributed by atoms with van der Waals surface area (Å²) in [5.74, 6) is 0. The molecule has 9 heteroatoms. The molecule has 0 saturated carbocycles. The highest BCUT2D eigenvalue weighted by Gasteiger charge is 2.49. The third-order valence-electron chi connectivity index (χ3n) is 4.81. The first-order valence-corrected chi connectivity index (χ1v) is 11.2. The van der Waals surface area contributed by atoms with Crippen LogP contribution in [0.4, 0.5) is 10.8 Å². The number of benzene rings is 1. The van der Waals surface area contributed by atoms with Crippen LogP contribution in [-0.4, -0.2) is 57.6 Å². The molecule has 0 N–H and O–H groups in total. The summed E-state index contributed by atoms with van der Waals surface area (Å²) in [5, 5.41) is 0. The number of hydrogen-bond acceptors (Lipinski definition) is 6. The average Bonchev–Trinajstić information content (AvgIpc) is 2.97. The first kappa shape index (κ1) is 18.9. The van der Waals surface area contributed by atoms with Crippen molar-refractivity contribution in [1.82, 2.24) is 9.88 Å². The predicted molar refractivity (Wildman–Crippen MR) is 107 cm³/mol. The number of aromatic nitrogens is 1. The number of piperazine rings is 1. The van der Waals surface area contributed by atoms with Gasteiger partial charge in [-0.3, -0.25) is 4.90 Å². The van der Waals surface area contributed by atoms with Crippen molar-refractivity contribution in [3.05, 3.63) is 16.6 Å². The number of nitrogens with zero attached hydrogens (tertiary/aromatic N) is 3. The molecule has 27 heavy (non-hydrogen) atoms. The van der Waals surface area contributed by atoms with Crippen LogP contribution < -0.4 is 4.90 Å². The van der Waals surface area contributed by atoms with E-state index in [1.807, 2.05) is 25.7 Å². The molecule has 146 valence electrons. The van der Waals surface area contributed by atoms with E-state index in [0.717, 1.165) is 10.9 Å². The van der Waals surface area contributed by atoms with Crippen molar-refractivity contribution in [3.63, 3.8) is 0 Å². The summed E-state index contributed by atoms with van der Waals surface area (Å²) in [5.41, 5.74) is 0.819. The van der Waals surface area contributed by atoms with Crippen molar-refractivity contribution >= 4 is 50.3 Å². The quantitative estimate of drug-likeness (QED) is 0.644. The molecule has 2 aromatic rings. The smallest absolute Gasteiger partial charge is 0.410 e. The molecule has 1 aromatic carbocycles. The summed E-state index contributed by atoms with van der Waals surface area (Å²) in [7, 11) is 0. The number of carbonyl (C=O) groups excluding carboxylic acids is 1. The van der Waals surface area contributed by atoms with E-state index >= 15 is 0 Å². The zero-order valence-corrected chi connectivity index (χ0v) is 18.1. The fourth-order valence-electron chi connectivity index (χ4n) is 3.64. The summed E-state index contributed by atoms with van der Waals surface area (Å²) >= 11 is 2.38. The van der Waals surface area contributed by atoms with Crippen molar-refractivity contribution in [2.24, 2.45) is 0 Å². The van der Waals surface area contributed by atoms with E-state index in [0.29, 0.717) is 35.1 Å². The number of halogens is 1. The molecule has 3 aliphatic heterocycles. The fraction of sp³-hybridized carbons (Fsp3) is 0.556. The first-order valence-electron chi connectivity index (χ1n) is 8.82. The average molecular weight is 456 g/mol. The Balaban J connectivity index is 1.52. The molecule has 3 saturated heterocycles. The van der Waals surface area contributed by atoms with E-state index < -0.39 is 16.8 Å². The normalized spacial score (nSPS) is 23.3. The van der Waals surface area contributed by atoms with E-state index in [9.17, 15) is 9.35 Å². The molecule has 3 atom stereocenters. The topological polar surface area (TPSA) is 81.9 Å². The van der Waals surface area contributed by atoms with Crippen molar-refractivity contribution in [1.29, 1.82) is 0 Å². The van der Waals surface area contributed by atoms with Gasteiger partial charge in [0.25, 0.3) is 6.01 Å². The number of oxazole rings is 1. The molecule has 0 aliphatic carbocycles. The zero-order valence-electron chi connectivity index (χ0n) is 15.7. The molecule has 3 aliphatic rings. The van der Waals surface area contributed by atoms with Crippen LogP contribution in [0.5, 0.6) is 0 Å².